The van der Waals surface area contributed by atoms with Crippen LogP contribution >= 0.6 is 11.3 Å². The molecule has 0 aliphatic heterocycles. The van der Waals surface area contributed by atoms with Crippen LogP contribution in [0.1, 0.15) is 35.6 Å². The number of carbonyl (C=O) groups excluding carboxylic acids is 2. The maximum Gasteiger partial charge on any atom is 0.328 e. The Morgan fingerprint density at radius 1 is 1.35 bits per heavy atom. The first-order chi connectivity index (χ1) is 10.9. The van der Waals surface area contributed by atoms with Crippen molar-refractivity contribution in [1.82, 2.24) is 14.9 Å². The number of carbonyl (C=O) groups is 2. The van der Waals surface area contributed by atoms with E-state index in [0.29, 0.717) is 17.0 Å². The second-order valence-electron chi connectivity index (χ2n) is 5.68. The molecule has 7 heteroatoms. The third kappa shape index (κ3) is 4.19. The molecule has 2 aromatic heterocycles. The predicted molar refractivity (Wildman–Crippen MR) is 88.9 cm³/mol. The Hall–Kier alpha value is -2.15. The van der Waals surface area contributed by atoms with Crippen LogP contribution in [0.5, 0.6) is 0 Å². The quantitative estimate of drug-likeness (QED) is 0.824. The van der Waals surface area contributed by atoms with Crippen molar-refractivity contribution in [3.8, 4) is 5.13 Å². The number of nitrogens with zero attached hydrogens (tertiary/aromatic N) is 2. The van der Waals surface area contributed by atoms with Crippen LogP contribution in [0.4, 0.5) is 0 Å². The average molecular weight is 335 g/mol. The van der Waals surface area contributed by atoms with Gasteiger partial charge < -0.3 is 14.6 Å². The van der Waals surface area contributed by atoms with Gasteiger partial charge in [0.15, 0.2) is 5.13 Å². The van der Waals surface area contributed by atoms with Gasteiger partial charge in [-0.25, -0.2) is 9.78 Å². The number of ether oxygens (including phenoxy) is 1. The van der Waals surface area contributed by atoms with Crippen molar-refractivity contribution < 1.29 is 14.3 Å². The summed E-state index contributed by atoms with van der Waals surface area (Å²) in [6.45, 7) is 5.77. The minimum atomic E-state index is -0.649. The van der Waals surface area contributed by atoms with Gasteiger partial charge in [0.25, 0.3) is 5.91 Å². The Kier molecular flexibility index (Phi) is 5.54. The van der Waals surface area contributed by atoms with Crippen molar-refractivity contribution in [3.05, 3.63) is 35.1 Å². The van der Waals surface area contributed by atoms with Gasteiger partial charge in [0.2, 0.25) is 0 Å². The maximum absolute atomic E-state index is 12.5. The van der Waals surface area contributed by atoms with Gasteiger partial charge >= 0.3 is 5.97 Å². The van der Waals surface area contributed by atoms with Crippen LogP contribution in [0.15, 0.2) is 24.5 Å². The standard InChI is InChI=1S/C16H21N3O3S/c1-10(2)9-12(15(21)22-4)18-14(20)13-11(3)17-16(23-13)19-7-5-6-8-19/h5-8,10,12H,9H2,1-4H3,(H,18,20). The highest BCUT2D eigenvalue weighted by Crippen LogP contribution is 2.22. The topological polar surface area (TPSA) is 73.2 Å². The molecule has 1 atom stereocenters. The Labute approximate surface area is 139 Å². The lowest BCUT2D eigenvalue weighted by atomic mass is 10.0. The van der Waals surface area contributed by atoms with Crippen molar-refractivity contribution in [2.75, 3.05) is 7.11 Å². The van der Waals surface area contributed by atoms with Gasteiger partial charge in [0.05, 0.1) is 12.8 Å². The predicted octanol–water partition coefficient (Wildman–Crippen LogP) is 2.56. The minimum Gasteiger partial charge on any atom is -0.467 e. The summed E-state index contributed by atoms with van der Waals surface area (Å²) in [6.07, 6.45) is 4.27. The van der Waals surface area contributed by atoms with Crippen molar-refractivity contribution in [2.24, 2.45) is 5.92 Å². The molecule has 0 aromatic carbocycles. The molecule has 2 aromatic rings. The van der Waals surface area contributed by atoms with E-state index < -0.39 is 12.0 Å². The Morgan fingerprint density at radius 3 is 2.57 bits per heavy atom. The number of nitrogens with one attached hydrogen (secondary N) is 1. The third-order valence-electron chi connectivity index (χ3n) is 3.31. The van der Waals surface area contributed by atoms with Crippen LogP contribution < -0.4 is 5.32 Å². The summed E-state index contributed by atoms with van der Waals surface area (Å²) in [5, 5.41) is 3.48. The number of hydrogen-bond acceptors (Lipinski definition) is 5. The van der Waals surface area contributed by atoms with Crippen LogP contribution in [0.2, 0.25) is 0 Å². The summed E-state index contributed by atoms with van der Waals surface area (Å²) in [7, 11) is 1.32. The lowest BCUT2D eigenvalue weighted by Crippen LogP contribution is -2.42. The van der Waals surface area contributed by atoms with E-state index in [2.05, 4.69) is 10.3 Å². The molecule has 0 aliphatic rings. The van der Waals surface area contributed by atoms with Crippen molar-refractivity contribution in [3.63, 3.8) is 0 Å². The van der Waals surface area contributed by atoms with Crippen molar-refractivity contribution in [1.29, 1.82) is 0 Å². The maximum atomic E-state index is 12.5. The Balaban J connectivity index is 2.17. The first kappa shape index (κ1) is 17.2. The summed E-state index contributed by atoms with van der Waals surface area (Å²) in [5.74, 6) is -0.466. The number of methoxy groups -OCH3 is 1. The van der Waals surface area contributed by atoms with Crippen LogP contribution in [0, 0.1) is 12.8 Å². The van der Waals surface area contributed by atoms with Gasteiger partial charge in [-0.3, -0.25) is 4.79 Å². The molecule has 0 radical (unpaired) electrons. The molecule has 0 fully saturated rings. The molecule has 1 amide bonds. The SMILES string of the molecule is COC(=O)C(CC(C)C)NC(=O)c1sc(-n2cccc2)nc1C. The molecular formula is C16H21N3O3S. The van der Waals surface area contributed by atoms with Crippen molar-refractivity contribution >= 4 is 23.2 Å². The Morgan fingerprint density at radius 2 is 2.00 bits per heavy atom. The largest absolute Gasteiger partial charge is 0.467 e. The highest BCUT2D eigenvalue weighted by Gasteiger charge is 2.25. The lowest BCUT2D eigenvalue weighted by Gasteiger charge is -2.17. The molecule has 1 unspecified atom stereocenters. The molecule has 0 saturated carbocycles. The molecule has 0 bridgehead atoms. The molecule has 2 rings (SSSR count). The van der Waals surface area contributed by atoms with Gasteiger partial charge in [-0.15, -0.1) is 0 Å². The van der Waals surface area contributed by atoms with Gasteiger partial charge in [0.1, 0.15) is 10.9 Å². The monoisotopic (exact) mass is 335 g/mol. The number of aromatic nitrogens is 2. The number of aryl methyl sites for hydroxylation is 1. The molecule has 23 heavy (non-hydrogen) atoms. The van der Waals surface area contributed by atoms with Gasteiger partial charge in [-0.2, -0.15) is 0 Å². The fraction of sp³-hybridized carbons (Fsp3) is 0.438. The summed E-state index contributed by atoms with van der Waals surface area (Å²) in [5.41, 5.74) is 0.643. The third-order valence-corrected chi connectivity index (χ3v) is 4.48. The zero-order valence-electron chi connectivity index (χ0n) is 13.7. The molecule has 6 nitrogen and oxygen atoms in total. The summed E-state index contributed by atoms with van der Waals surface area (Å²) < 4.78 is 6.62. The van der Waals surface area contributed by atoms with E-state index in [0.717, 1.165) is 5.13 Å². The fourth-order valence-electron chi connectivity index (χ4n) is 2.22. The summed E-state index contributed by atoms with van der Waals surface area (Å²) in [4.78, 5) is 29.3. The van der Waals surface area contributed by atoms with Crippen LogP contribution in [0.3, 0.4) is 0 Å². The van der Waals surface area contributed by atoms with Gasteiger partial charge in [0, 0.05) is 12.4 Å². The molecule has 0 aliphatic carbocycles. The number of thiazole rings is 1. The van der Waals surface area contributed by atoms with Crippen molar-refractivity contribution in [2.45, 2.75) is 33.2 Å². The van der Waals surface area contributed by atoms with Gasteiger partial charge in [-0.05, 0) is 31.4 Å². The Bertz CT molecular complexity index is 677. The van der Waals surface area contributed by atoms with E-state index in [4.69, 9.17) is 4.74 Å². The number of esters is 1. The number of hydrogen-bond donors (Lipinski definition) is 1. The molecule has 0 spiro atoms. The zero-order chi connectivity index (χ0) is 17.0. The number of rotatable bonds is 6. The second kappa shape index (κ2) is 7.41. The molecule has 0 saturated heterocycles. The van der Waals surface area contributed by atoms with E-state index in [1.54, 1.807) is 6.92 Å². The first-order valence-electron chi connectivity index (χ1n) is 7.41. The number of amides is 1. The normalized spacial score (nSPS) is 12.2. The van der Waals surface area contributed by atoms with E-state index in [1.165, 1.54) is 18.4 Å². The highest BCUT2D eigenvalue weighted by atomic mass is 32.1. The zero-order valence-corrected chi connectivity index (χ0v) is 14.5. The first-order valence-corrected chi connectivity index (χ1v) is 8.23. The molecule has 124 valence electrons. The van der Waals surface area contributed by atoms with E-state index in [9.17, 15) is 9.59 Å². The molecule has 1 N–H and O–H groups in total. The fourth-order valence-corrected chi connectivity index (χ4v) is 3.15. The average Bonchev–Trinajstić information content (AvgIpc) is 3.14. The lowest BCUT2D eigenvalue weighted by molar-refractivity contribution is -0.143. The van der Waals surface area contributed by atoms with E-state index in [1.807, 2.05) is 42.9 Å². The van der Waals surface area contributed by atoms with Crippen LogP contribution in [-0.4, -0.2) is 34.6 Å². The second-order valence-corrected chi connectivity index (χ2v) is 6.66. The smallest absolute Gasteiger partial charge is 0.328 e. The highest BCUT2D eigenvalue weighted by molar-refractivity contribution is 7.16. The molecule has 2 heterocycles. The summed E-state index contributed by atoms with van der Waals surface area (Å²) >= 11 is 1.29. The molecular weight excluding hydrogens is 314 g/mol. The summed E-state index contributed by atoms with van der Waals surface area (Å²) in [6, 6.07) is 3.14. The van der Waals surface area contributed by atoms with Crippen LogP contribution in [0.25, 0.3) is 5.13 Å². The van der Waals surface area contributed by atoms with E-state index in [-0.39, 0.29) is 11.8 Å². The van der Waals surface area contributed by atoms with E-state index >= 15 is 0 Å². The van der Waals surface area contributed by atoms with Crippen LogP contribution in [-0.2, 0) is 9.53 Å². The van der Waals surface area contributed by atoms with Gasteiger partial charge in [-0.1, -0.05) is 25.2 Å². The minimum absolute atomic E-state index is 0.261.